The van der Waals surface area contributed by atoms with Crippen molar-refractivity contribution in [1.29, 1.82) is 0 Å². The summed E-state index contributed by atoms with van der Waals surface area (Å²) in [6.07, 6.45) is 2.41. The molecule has 9 heteroatoms. The molecule has 0 aliphatic carbocycles. The van der Waals surface area contributed by atoms with Crippen molar-refractivity contribution in [3.63, 3.8) is 0 Å². The molecule has 33 heavy (non-hydrogen) atoms. The van der Waals surface area contributed by atoms with Crippen LogP contribution in [0.25, 0.3) is 0 Å². The van der Waals surface area contributed by atoms with Gasteiger partial charge in [0.1, 0.15) is 0 Å². The second-order valence-electron chi connectivity index (χ2n) is 7.91. The van der Waals surface area contributed by atoms with Gasteiger partial charge < -0.3 is 24.9 Å². The van der Waals surface area contributed by atoms with Crippen molar-refractivity contribution in [3.8, 4) is 0 Å². The summed E-state index contributed by atoms with van der Waals surface area (Å²) >= 11 is 0. The van der Waals surface area contributed by atoms with E-state index in [0.717, 1.165) is 24.5 Å². The van der Waals surface area contributed by atoms with Crippen molar-refractivity contribution in [2.45, 2.75) is 39.8 Å². The van der Waals surface area contributed by atoms with E-state index >= 15 is 0 Å². The molecule has 3 rings (SSSR count). The minimum Gasteiger partial charge on any atom is -0.459 e. The van der Waals surface area contributed by atoms with E-state index in [0.29, 0.717) is 44.0 Å². The highest BCUT2D eigenvalue weighted by atomic mass is 127. The van der Waals surface area contributed by atoms with E-state index in [4.69, 9.17) is 9.41 Å². The monoisotopic (exact) mass is 567 g/mol. The van der Waals surface area contributed by atoms with E-state index in [-0.39, 0.29) is 41.8 Å². The number of piperazine rings is 1. The molecule has 1 aromatic carbocycles. The van der Waals surface area contributed by atoms with E-state index in [1.165, 1.54) is 6.26 Å². The number of rotatable bonds is 7. The average molecular weight is 567 g/mol. The van der Waals surface area contributed by atoms with Crippen LogP contribution >= 0.6 is 24.0 Å². The Labute approximate surface area is 212 Å². The summed E-state index contributed by atoms with van der Waals surface area (Å²) in [6.45, 7) is 9.89. The highest BCUT2D eigenvalue weighted by Gasteiger charge is 2.25. The molecule has 1 aromatic heterocycles. The van der Waals surface area contributed by atoms with Crippen molar-refractivity contribution >= 4 is 41.8 Å². The van der Waals surface area contributed by atoms with E-state index in [1.807, 2.05) is 45.0 Å². The van der Waals surface area contributed by atoms with Gasteiger partial charge in [0.2, 0.25) is 0 Å². The summed E-state index contributed by atoms with van der Waals surface area (Å²) in [6, 6.07) is 11.1. The molecular weight excluding hydrogens is 533 g/mol. The lowest BCUT2D eigenvalue weighted by Gasteiger charge is -2.36. The highest BCUT2D eigenvalue weighted by molar-refractivity contribution is 14.0. The summed E-state index contributed by atoms with van der Waals surface area (Å²) in [5.74, 6) is 1.04. The first-order chi connectivity index (χ1) is 15.5. The molecule has 0 radical (unpaired) electrons. The Morgan fingerprint density at radius 2 is 1.82 bits per heavy atom. The number of guanidine groups is 1. The third-order valence-corrected chi connectivity index (χ3v) is 5.52. The van der Waals surface area contributed by atoms with Crippen LogP contribution in [0.4, 0.5) is 0 Å². The molecule has 1 saturated heterocycles. The number of aliphatic imine (C=N–C) groups is 1. The SMILES string of the molecule is CCNC(=NCc1cccc(C(=O)NC(C)CC)c1)N1CCN(C(=O)c2ccco2)CC1.I. The Morgan fingerprint density at radius 1 is 1.09 bits per heavy atom. The van der Waals surface area contributed by atoms with Gasteiger partial charge >= 0.3 is 0 Å². The summed E-state index contributed by atoms with van der Waals surface area (Å²) in [5, 5.41) is 6.34. The Kier molecular flexibility index (Phi) is 10.7. The minimum atomic E-state index is -0.0796. The minimum absolute atomic E-state index is 0. The highest BCUT2D eigenvalue weighted by Crippen LogP contribution is 2.11. The first kappa shape index (κ1) is 26.7. The van der Waals surface area contributed by atoms with Gasteiger partial charge in [-0.3, -0.25) is 9.59 Å². The molecule has 1 fully saturated rings. The average Bonchev–Trinajstić information content (AvgIpc) is 3.36. The van der Waals surface area contributed by atoms with Gasteiger partial charge in [0.25, 0.3) is 11.8 Å². The van der Waals surface area contributed by atoms with Crippen LogP contribution in [0.3, 0.4) is 0 Å². The van der Waals surface area contributed by atoms with Crippen molar-refractivity contribution in [2.75, 3.05) is 32.7 Å². The molecule has 8 nitrogen and oxygen atoms in total. The molecule has 1 unspecified atom stereocenters. The molecule has 2 amide bonds. The van der Waals surface area contributed by atoms with Crippen molar-refractivity contribution < 1.29 is 14.0 Å². The molecule has 0 bridgehead atoms. The van der Waals surface area contributed by atoms with Crippen LogP contribution in [0.5, 0.6) is 0 Å². The van der Waals surface area contributed by atoms with Crippen LogP contribution in [0.1, 0.15) is 53.7 Å². The molecule has 2 heterocycles. The van der Waals surface area contributed by atoms with Gasteiger partial charge in [0.15, 0.2) is 11.7 Å². The molecule has 1 atom stereocenters. The van der Waals surface area contributed by atoms with E-state index in [1.54, 1.807) is 17.0 Å². The Balaban J connectivity index is 0.00000385. The van der Waals surface area contributed by atoms with Crippen LogP contribution in [0.2, 0.25) is 0 Å². The number of amides is 2. The van der Waals surface area contributed by atoms with Gasteiger partial charge in [-0.15, -0.1) is 24.0 Å². The molecule has 180 valence electrons. The Morgan fingerprint density at radius 3 is 2.45 bits per heavy atom. The fourth-order valence-electron chi connectivity index (χ4n) is 3.49. The van der Waals surface area contributed by atoms with Crippen molar-refractivity contribution in [1.82, 2.24) is 20.4 Å². The first-order valence-electron chi connectivity index (χ1n) is 11.3. The number of hydrogen-bond acceptors (Lipinski definition) is 4. The van der Waals surface area contributed by atoms with Crippen LogP contribution in [0, 0.1) is 0 Å². The second kappa shape index (κ2) is 13.2. The van der Waals surface area contributed by atoms with Crippen LogP contribution < -0.4 is 10.6 Å². The Hall–Kier alpha value is -2.56. The van der Waals surface area contributed by atoms with Gasteiger partial charge in [0, 0.05) is 44.3 Å². The number of carbonyl (C=O) groups excluding carboxylic acids is 2. The number of nitrogens with zero attached hydrogens (tertiary/aromatic N) is 3. The fraction of sp³-hybridized carbons (Fsp3) is 0.458. The smallest absolute Gasteiger partial charge is 0.289 e. The van der Waals surface area contributed by atoms with Gasteiger partial charge in [-0.1, -0.05) is 19.1 Å². The topological polar surface area (TPSA) is 90.2 Å². The Bertz CT molecular complexity index is 924. The van der Waals surface area contributed by atoms with E-state index in [2.05, 4.69) is 15.5 Å². The number of halogens is 1. The lowest BCUT2D eigenvalue weighted by molar-refractivity contribution is 0.0657. The standard InChI is InChI=1S/C24H33N5O3.HI/c1-4-18(3)27-22(30)20-9-6-8-19(16-20)17-26-24(25-5-2)29-13-11-28(12-14-29)23(31)21-10-7-15-32-21;/h6-10,15-16,18H,4-5,11-14,17H2,1-3H3,(H,25,26)(H,27,30);1H. The lowest BCUT2D eigenvalue weighted by atomic mass is 10.1. The zero-order chi connectivity index (χ0) is 22.9. The number of furan rings is 1. The van der Waals surface area contributed by atoms with Gasteiger partial charge in [-0.25, -0.2) is 4.99 Å². The second-order valence-corrected chi connectivity index (χ2v) is 7.91. The van der Waals surface area contributed by atoms with Crippen molar-refractivity contribution in [3.05, 3.63) is 59.5 Å². The molecule has 2 N–H and O–H groups in total. The number of carbonyl (C=O) groups is 2. The third kappa shape index (κ3) is 7.48. The molecule has 2 aromatic rings. The molecular formula is C24H34IN5O3. The summed E-state index contributed by atoms with van der Waals surface area (Å²) < 4.78 is 5.23. The maximum absolute atomic E-state index is 12.5. The van der Waals surface area contributed by atoms with Crippen LogP contribution in [-0.2, 0) is 6.54 Å². The zero-order valence-corrected chi connectivity index (χ0v) is 21.9. The maximum Gasteiger partial charge on any atom is 0.289 e. The molecule has 0 saturated carbocycles. The summed E-state index contributed by atoms with van der Waals surface area (Å²) in [5.41, 5.74) is 1.62. The fourth-order valence-corrected chi connectivity index (χ4v) is 3.49. The summed E-state index contributed by atoms with van der Waals surface area (Å²) in [4.78, 5) is 33.6. The number of hydrogen-bond donors (Lipinski definition) is 2. The predicted octanol–water partition coefficient (Wildman–Crippen LogP) is 3.35. The number of benzene rings is 1. The van der Waals surface area contributed by atoms with Gasteiger partial charge in [-0.05, 0) is 50.1 Å². The lowest BCUT2D eigenvalue weighted by Crippen LogP contribution is -2.53. The largest absolute Gasteiger partial charge is 0.459 e. The quantitative estimate of drug-likeness (QED) is 0.305. The van der Waals surface area contributed by atoms with Crippen LogP contribution in [-0.4, -0.2) is 66.3 Å². The van der Waals surface area contributed by atoms with Gasteiger partial charge in [-0.2, -0.15) is 0 Å². The predicted molar refractivity (Wildman–Crippen MR) is 140 cm³/mol. The number of nitrogens with one attached hydrogen (secondary N) is 2. The molecule has 0 spiro atoms. The normalized spacial score (nSPS) is 14.9. The van der Waals surface area contributed by atoms with E-state index < -0.39 is 0 Å². The van der Waals surface area contributed by atoms with E-state index in [9.17, 15) is 9.59 Å². The first-order valence-corrected chi connectivity index (χ1v) is 11.3. The zero-order valence-electron chi connectivity index (χ0n) is 19.5. The maximum atomic E-state index is 12.5. The molecule has 1 aliphatic heterocycles. The summed E-state index contributed by atoms with van der Waals surface area (Å²) in [7, 11) is 0. The third-order valence-electron chi connectivity index (χ3n) is 5.52. The van der Waals surface area contributed by atoms with Gasteiger partial charge in [0.05, 0.1) is 12.8 Å². The molecule has 1 aliphatic rings. The van der Waals surface area contributed by atoms with Crippen molar-refractivity contribution in [2.24, 2.45) is 4.99 Å². The van der Waals surface area contributed by atoms with Crippen LogP contribution in [0.15, 0.2) is 52.1 Å².